The SMILES string of the molecule is CCCNC(Cn1ccn2nccc2c1=O)C1CCOC1. The van der Waals surface area contributed by atoms with Gasteiger partial charge in [0, 0.05) is 37.5 Å². The van der Waals surface area contributed by atoms with Gasteiger partial charge < -0.3 is 14.6 Å². The molecule has 21 heavy (non-hydrogen) atoms. The quantitative estimate of drug-likeness (QED) is 0.859. The molecule has 2 unspecified atom stereocenters. The molecular formula is C15H22N4O2. The molecule has 2 atom stereocenters. The highest BCUT2D eigenvalue weighted by Gasteiger charge is 2.25. The fourth-order valence-electron chi connectivity index (χ4n) is 2.90. The molecule has 6 heteroatoms. The van der Waals surface area contributed by atoms with Crippen LogP contribution in [0.1, 0.15) is 19.8 Å². The van der Waals surface area contributed by atoms with E-state index in [1.54, 1.807) is 21.3 Å². The first-order valence-corrected chi connectivity index (χ1v) is 7.63. The van der Waals surface area contributed by atoms with Crippen LogP contribution in [0.2, 0.25) is 0 Å². The Labute approximate surface area is 123 Å². The van der Waals surface area contributed by atoms with E-state index in [0.29, 0.717) is 18.0 Å². The van der Waals surface area contributed by atoms with Crippen molar-refractivity contribution in [2.45, 2.75) is 32.4 Å². The number of fused-ring (bicyclic) bond motifs is 1. The minimum Gasteiger partial charge on any atom is -0.381 e. The molecule has 1 N–H and O–H groups in total. The zero-order chi connectivity index (χ0) is 14.7. The van der Waals surface area contributed by atoms with Gasteiger partial charge in [0.25, 0.3) is 5.56 Å². The lowest BCUT2D eigenvalue weighted by Gasteiger charge is -2.24. The van der Waals surface area contributed by atoms with Crippen LogP contribution >= 0.6 is 0 Å². The molecule has 1 aliphatic rings. The highest BCUT2D eigenvalue weighted by atomic mass is 16.5. The largest absolute Gasteiger partial charge is 0.381 e. The standard InChI is InChI=1S/C15H22N4O2/c1-2-5-16-13(12-4-9-21-11-12)10-18-7-8-19-14(15(18)20)3-6-17-19/h3,6-8,12-13,16H,2,4-5,9-11H2,1H3. The third kappa shape index (κ3) is 3.01. The topological polar surface area (TPSA) is 60.6 Å². The fourth-order valence-corrected chi connectivity index (χ4v) is 2.90. The van der Waals surface area contributed by atoms with E-state index < -0.39 is 0 Å². The van der Waals surface area contributed by atoms with Crippen LogP contribution in [0.3, 0.4) is 0 Å². The summed E-state index contributed by atoms with van der Waals surface area (Å²) in [5, 5.41) is 7.66. The van der Waals surface area contributed by atoms with Gasteiger partial charge in [-0.25, -0.2) is 4.52 Å². The molecule has 2 aromatic rings. The molecule has 3 rings (SSSR count). The molecule has 1 fully saturated rings. The van der Waals surface area contributed by atoms with Crippen LogP contribution in [0, 0.1) is 5.92 Å². The summed E-state index contributed by atoms with van der Waals surface area (Å²) in [6, 6.07) is 2.03. The number of ether oxygens (including phenoxy) is 1. The molecule has 1 aliphatic heterocycles. The molecule has 2 aromatic heterocycles. The third-order valence-corrected chi connectivity index (χ3v) is 4.12. The highest BCUT2D eigenvalue weighted by molar-refractivity contribution is 5.42. The van der Waals surface area contributed by atoms with Crippen LogP contribution in [0.25, 0.3) is 5.52 Å². The van der Waals surface area contributed by atoms with Gasteiger partial charge in [-0.05, 0) is 25.5 Å². The second-order valence-corrected chi connectivity index (χ2v) is 5.60. The Morgan fingerprint density at radius 2 is 2.43 bits per heavy atom. The summed E-state index contributed by atoms with van der Waals surface area (Å²) in [4.78, 5) is 12.5. The zero-order valence-corrected chi connectivity index (χ0v) is 12.4. The van der Waals surface area contributed by atoms with Gasteiger partial charge in [0.1, 0.15) is 5.52 Å². The van der Waals surface area contributed by atoms with Crippen molar-refractivity contribution in [3.63, 3.8) is 0 Å². The molecule has 6 nitrogen and oxygen atoms in total. The summed E-state index contributed by atoms with van der Waals surface area (Å²) in [6.07, 6.45) is 7.45. The molecule has 0 amide bonds. The van der Waals surface area contributed by atoms with Crippen molar-refractivity contribution < 1.29 is 4.74 Å². The molecule has 0 radical (unpaired) electrons. The predicted octanol–water partition coefficient (Wildman–Crippen LogP) is 0.901. The van der Waals surface area contributed by atoms with Crippen LogP contribution in [-0.2, 0) is 11.3 Å². The summed E-state index contributed by atoms with van der Waals surface area (Å²) in [6.45, 7) is 5.40. The minimum absolute atomic E-state index is 0.0113. The van der Waals surface area contributed by atoms with Crippen molar-refractivity contribution in [2.24, 2.45) is 5.92 Å². The molecule has 0 spiro atoms. The normalized spacial score (nSPS) is 20.1. The van der Waals surface area contributed by atoms with E-state index in [-0.39, 0.29) is 11.6 Å². The van der Waals surface area contributed by atoms with Crippen molar-refractivity contribution in [1.29, 1.82) is 0 Å². The second-order valence-electron chi connectivity index (χ2n) is 5.60. The first kappa shape index (κ1) is 14.3. The van der Waals surface area contributed by atoms with Crippen LogP contribution in [-0.4, -0.2) is 40.0 Å². The first-order chi connectivity index (χ1) is 10.3. The zero-order valence-electron chi connectivity index (χ0n) is 12.4. The average molecular weight is 290 g/mol. The van der Waals surface area contributed by atoms with Crippen LogP contribution in [0.5, 0.6) is 0 Å². The van der Waals surface area contributed by atoms with E-state index in [9.17, 15) is 4.79 Å². The minimum atomic E-state index is 0.0113. The lowest BCUT2D eigenvalue weighted by Crippen LogP contribution is -2.42. The Morgan fingerprint density at radius 1 is 1.52 bits per heavy atom. The van der Waals surface area contributed by atoms with Gasteiger partial charge in [0.05, 0.1) is 12.8 Å². The highest BCUT2D eigenvalue weighted by Crippen LogP contribution is 2.18. The molecular weight excluding hydrogens is 268 g/mol. The summed E-state index contributed by atoms with van der Waals surface area (Å²) < 4.78 is 8.90. The molecule has 114 valence electrons. The maximum absolute atomic E-state index is 12.5. The van der Waals surface area contributed by atoms with E-state index in [0.717, 1.165) is 32.6 Å². The maximum atomic E-state index is 12.5. The Hall–Kier alpha value is -1.66. The van der Waals surface area contributed by atoms with Crippen molar-refractivity contribution >= 4 is 5.52 Å². The van der Waals surface area contributed by atoms with Gasteiger partial charge in [-0.15, -0.1) is 0 Å². The van der Waals surface area contributed by atoms with E-state index in [1.807, 2.05) is 12.4 Å². The van der Waals surface area contributed by atoms with Crippen LogP contribution in [0.15, 0.2) is 29.5 Å². The number of hydrogen-bond acceptors (Lipinski definition) is 4. The number of rotatable bonds is 6. The Morgan fingerprint density at radius 3 is 3.19 bits per heavy atom. The predicted molar refractivity (Wildman–Crippen MR) is 80.5 cm³/mol. The van der Waals surface area contributed by atoms with Crippen molar-refractivity contribution in [3.8, 4) is 0 Å². The van der Waals surface area contributed by atoms with Gasteiger partial charge in [0.15, 0.2) is 0 Å². The van der Waals surface area contributed by atoms with Gasteiger partial charge >= 0.3 is 0 Å². The van der Waals surface area contributed by atoms with Crippen LogP contribution in [0.4, 0.5) is 0 Å². The first-order valence-electron chi connectivity index (χ1n) is 7.63. The van der Waals surface area contributed by atoms with Gasteiger partial charge in [0.2, 0.25) is 0 Å². The summed E-state index contributed by atoms with van der Waals surface area (Å²) in [7, 11) is 0. The summed E-state index contributed by atoms with van der Waals surface area (Å²) >= 11 is 0. The molecule has 0 saturated carbocycles. The average Bonchev–Trinajstić information content (AvgIpc) is 3.17. The number of nitrogens with zero attached hydrogens (tertiary/aromatic N) is 3. The number of aromatic nitrogens is 3. The fraction of sp³-hybridized carbons (Fsp3) is 0.600. The van der Waals surface area contributed by atoms with E-state index >= 15 is 0 Å². The molecule has 0 aromatic carbocycles. The van der Waals surface area contributed by atoms with Crippen molar-refractivity contribution in [1.82, 2.24) is 19.5 Å². The number of nitrogens with one attached hydrogen (secondary N) is 1. The lowest BCUT2D eigenvalue weighted by molar-refractivity contribution is 0.173. The Bertz CT molecular complexity index is 642. The van der Waals surface area contributed by atoms with E-state index in [1.165, 1.54) is 0 Å². The third-order valence-electron chi connectivity index (χ3n) is 4.12. The summed E-state index contributed by atoms with van der Waals surface area (Å²) in [5.74, 6) is 0.476. The second kappa shape index (κ2) is 6.41. The van der Waals surface area contributed by atoms with Crippen LogP contribution < -0.4 is 10.9 Å². The molecule has 1 saturated heterocycles. The smallest absolute Gasteiger partial charge is 0.276 e. The van der Waals surface area contributed by atoms with Crippen molar-refractivity contribution in [2.75, 3.05) is 19.8 Å². The lowest BCUT2D eigenvalue weighted by atomic mass is 9.98. The summed E-state index contributed by atoms with van der Waals surface area (Å²) in [5.41, 5.74) is 0.631. The van der Waals surface area contributed by atoms with E-state index in [4.69, 9.17) is 4.74 Å². The maximum Gasteiger partial charge on any atom is 0.276 e. The molecule has 0 aliphatic carbocycles. The Balaban J connectivity index is 1.82. The van der Waals surface area contributed by atoms with E-state index in [2.05, 4.69) is 17.3 Å². The molecule has 0 bridgehead atoms. The van der Waals surface area contributed by atoms with Gasteiger partial charge in [-0.3, -0.25) is 4.79 Å². The van der Waals surface area contributed by atoms with Crippen molar-refractivity contribution in [3.05, 3.63) is 35.0 Å². The van der Waals surface area contributed by atoms with Gasteiger partial charge in [-0.1, -0.05) is 6.92 Å². The monoisotopic (exact) mass is 290 g/mol. The number of hydrogen-bond donors (Lipinski definition) is 1. The van der Waals surface area contributed by atoms with Gasteiger partial charge in [-0.2, -0.15) is 5.10 Å². The Kier molecular flexibility index (Phi) is 4.36. The molecule has 3 heterocycles.